The molecular formula is C34H40N2O2S. The van der Waals surface area contributed by atoms with Gasteiger partial charge >= 0.3 is 0 Å². The lowest BCUT2D eigenvalue weighted by atomic mass is 9.78. The van der Waals surface area contributed by atoms with Gasteiger partial charge in [-0.25, -0.2) is 4.99 Å². The molecule has 0 aliphatic carbocycles. The molecule has 0 radical (unpaired) electrons. The van der Waals surface area contributed by atoms with Crippen LogP contribution in [0, 0.1) is 0 Å². The van der Waals surface area contributed by atoms with E-state index in [1.54, 1.807) is 4.90 Å². The number of thioether (sulfide) groups is 1. The zero-order valence-corrected chi connectivity index (χ0v) is 25.2. The molecular weight excluding hydrogens is 500 g/mol. The van der Waals surface area contributed by atoms with Crippen LogP contribution in [0.1, 0.15) is 83.2 Å². The van der Waals surface area contributed by atoms with Crippen LogP contribution < -0.4 is 4.90 Å². The maximum Gasteiger partial charge on any atom is 0.271 e. The molecule has 0 aromatic heterocycles. The summed E-state index contributed by atoms with van der Waals surface area (Å²) in [5, 5.41) is 11.8. The van der Waals surface area contributed by atoms with Crippen LogP contribution in [-0.4, -0.2) is 16.2 Å². The maximum atomic E-state index is 13.9. The van der Waals surface area contributed by atoms with Crippen molar-refractivity contribution < 1.29 is 9.90 Å². The highest BCUT2D eigenvalue weighted by molar-refractivity contribution is 8.19. The zero-order valence-electron chi connectivity index (χ0n) is 24.4. The van der Waals surface area contributed by atoms with E-state index in [2.05, 4.69) is 79.7 Å². The van der Waals surface area contributed by atoms with Gasteiger partial charge in [-0.05, 0) is 94.6 Å². The normalized spacial score (nSPS) is 16.5. The summed E-state index contributed by atoms with van der Waals surface area (Å²) in [6, 6.07) is 20.3. The van der Waals surface area contributed by atoms with Crippen molar-refractivity contribution in [2.24, 2.45) is 4.99 Å². The Morgan fingerprint density at radius 3 is 1.77 bits per heavy atom. The van der Waals surface area contributed by atoms with Gasteiger partial charge in [0, 0.05) is 11.1 Å². The number of hydrogen-bond acceptors (Lipinski definition) is 4. The van der Waals surface area contributed by atoms with Crippen molar-refractivity contribution in [1.82, 2.24) is 0 Å². The van der Waals surface area contributed by atoms with Crippen molar-refractivity contribution in [3.05, 3.63) is 93.4 Å². The minimum absolute atomic E-state index is 0.101. The SMILES string of the molecule is CCc1ccc(N=C2SC(=Cc3cc(C(C)(C)C)c(O)c(C(C)(C)C)c3)C(=O)N2c2ccc(CC)cc2)cc1. The summed E-state index contributed by atoms with van der Waals surface area (Å²) >= 11 is 1.39. The van der Waals surface area contributed by atoms with Gasteiger partial charge in [0.15, 0.2) is 5.17 Å². The summed E-state index contributed by atoms with van der Waals surface area (Å²) in [4.78, 5) is 21.1. The fourth-order valence-corrected chi connectivity index (χ4v) is 5.61. The molecule has 0 spiro atoms. The Balaban J connectivity index is 1.83. The maximum absolute atomic E-state index is 13.9. The predicted octanol–water partition coefficient (Wildman–Crippen LogP) is 8.92. The molecule has 5 heteroatoms. The molecule has 0 saturated carbocycles. The van der Waals surface area contributed by atoms with Crippen LogP contribution >= 0.6 is 11.8 Å². The Bertz CT molecular complexity index is 1380. The largest absolute Gasteiger partial charge is 0.507 e. The van der Waals surface area contributed by atoms with Gasteiger partial charge in [0.1, 0.15) is 5.75 Å². The molecule has 1 saturated heterocycles. The number of benzene rings is 3. The first-order chi connectivity index (χ1) is 18.3. The highest BCUT2D eigenvalue weighted by Crippen LogP contribution is 2.42. The molecule has 204 valence electrons. The van der Waals surface area contributed by atoms with Gasteiger partial charge < -0.3 is 5.11 Å². The van der Waals surface area contributed by atoms with Gasteiger partial charge in [-0.3, -0.25) is 9.69 Å². The fraction of sp³-hybridized carbons (Fsp3) is 0.353. The highest BCUT2D eigenvalue weighted by atomic mass is 32.2. The number of nitrogens with zero attached hydrogens (tertiary/aromatic N) is 2. The quantitative estimate of drug-likeness (QED) is 0.329. The molecule has 1 amide bonds. The van der Waals surface area contributed by atoms with Crippen LogP contribution in [0.3, 0.4) is 0 Å². The third-order valence-electron chi connectivity index (χ3n) is 7.02. The third kappa shape index (κ3) is 6.30. The molecule has 4 nitrogen and oxygen atoms in total. The summed E-state index contributed by atoms with van der Waals surface area (Å²) in [5.41, 5.74) is 6.21. The molecule has 1 aliphatic heterocycles. The number of rotatable bonds is 5. The molecule has 1 fully saturated rings. The standard InChI is InChI=1S/C34H40N2O2S/c1-9-22-11-15-25(16-12-22)35-32-36(26-17-13-23(10-2)14-18-26)31(38)29(39-32)21-24-19-27(33(3,4)5)30(37)28(20-24)34(6,7)8/h11-21,37H,9-10H2,1-8H3. The number of hydrogen-bond donors (Lipinski definition) is 1. The lowest BCUT2D eigenvalue weighted by Gasteiger charge is -2.28. The molecule has 3 aromatic rings. The molecule has 1 N–H and O–H groups in total. The molecule has 1 aliphatic rings. The second-order valence-electron chi connectivity index (χ2n) is 12.2. The second kappa shape index (κ2) is 11.1. The first-order valence-electron chi connectivity index (χ1n) is 13.7. The van der Waals surface area contributed by atoms with Gasteiger partial charge in [0.25, 0.3) is 5.91 Å². The molecule has 3 aromatic carbocycles. The first-order valence-corrected chi connectivity index (χ1v) is 14.5. The minimum atomic E-state index is -0.254. The molecule has 0 bridgehead atoms. The molecule has 0 unspecified atom stereocenters. The number of carbonyl (C=O) groups excluding carboxylic acids is 1. The van der Waals surface area contributed by atoms with Crippen molar-refractivity contribution in [1.29, 1.82) is 0 Å². The van der Waals surface area contributed by atoms with Crippen LogP contribution in [0.4, 0.5) is 11.4 Å². The van der Waals surface area contributed by atoms with Crippen molar-refractivity contribution in [3.63, 3.8) is 0 Å². The molecule has 1 heterocycles. The van der Waals surface area contributed by atoms with E-state index in [-0.39, 0.29) is 16.7 Å². The monoisotopic (exact) mass is 540 g/mol. The van der Waals surface area contributed by atoms with Crippen LogP contribution in [0.2, 0.25) is 0 Å². The van der Waals surface area contributed by atoms with Gasteiger partial charge in [-0.15, -0.1) is 0 Å². The smallest absolute Gasteiger partial charge is 0.271 e. The number of aryl methyl sites for hydroxylation is 2. The van der Waals surface area contributed by atoms with Crippen LogP contribution in [-0.2, 0) is 28.5 Å². The summed E-state index contributed by atoms with van der Waals surface area (Å²) in [6.07, 6.45) is 3.84. The van der Waals surface area contributed by atoms with Crippen molar-refractivity contribution in [2.45, 2.75) is 79.1 Å². The van der Waals surface area contributed by atoms with E-state index in [1.807, 2.05) is 42.5 Å². The Morgan fingerprint density at radius 1 is 0.821 bits per heavy atom. The van der Waals surface area contributed by atoms with E-state index < -0.39 is 0 Å². The third-order valence-corrected chi connectivity index (χ3v) is 7.99. The van der Waals surface area contributed by atoms with Crippen molar-refractivity contribution >= 4 is 40.3 Å². The number of aliphatic imine (C=N–C) groups is 1. The summed E-state index contributed by atoms with van der Waals surface area (Å²) in [7, 11) is 0. The number of amidine groups is 1. The average Bonchev–Trinajstić information content (AvgIpc) is 3.18. The van der Waals surface area contributed by atoms with E-state index in [4.69, 9.17) is 4.99 Å². The van der Waals surface area contributed by atoms with Crippen LogP contribution in [0.15, 0.2) is 70.6 Å². The lowest BCUT2D eigenvalue weighted by Crippen LogP contribution is -2.28. The zero-order chi connectivity index (χ0) is 28.5. The van der Waals surface area contributed by atoms with Gasteiger partial charge in [0.05, 0.1) is 16.3 Å². The number of carbonyl (C=O) groups is 1. The minimum Gasteiger partial charge on any atom is -0.507 e. The highest BCUT2D eigenvalue weighted by Gasteiger charge is 2.35. The lowest BCUT2D eigenvalue weighted by molar-refractivity contribution is -0.113. The van der Waals surface area contributed by atoms with E-state index in [1.165, 1.54) is 22.9 Å². The van der Waals surface area contributed by atoms with Crippen LogP contribution in [0.25, 0.3) is 6.08 Å². The summed E-state index contributed by atoms with van der Waals surface area (Å²) in [6.45, 7) is 16.8. The van der Waals surface area contributed by atoms with E-state index in [9.17, 15) is 9.90 Å². The molecule has 0 atom stereocenters. The molecule has 39 heavy (non-hydrogen) atoms. The average molecular weight is 541 g/mol. The number of anilines is 1. The summed E-state index contributed by atoms with van der Waals surface area (Å²) in [5.74, 6) is 0.230. The number of aromatic hydroxyl groups is 1. The number of phenols is 1. The number of amides is 1. The van der Waals surface area contributed by atoms with Crippen molar-refractivity contribution in [2.75, 3.05) is 4.90 Å². The van der Waals surface area contributed by atoms with Crippen LogP contribution in [0.5, 0.6) is 5.75 Å². The van der Waals surface area contributed by atoms with E-state index >= 15 is 0 Å². The Kier molecular flexibility index (Phi) is 8.13. The number of phenolic OH excluding ortho intramolecular Hbond substituents is 1. The fourth-order valence-electron chi connectivity index (χ4n) is 4.61. The van der Waals surface area contributed by atoms with E-state index in [0.717, 1.165) is 40.9 Å². The van der Waals surface area contributed by atoms with Gasteiger partial charge in [-0.2, -0.15) is 0 Å². The Morgan fingerprint density at radius 2 is 1.31 bits per heavy atom. The van der Waals surface area contributed by atoms with Gasteiger partial charge in [0.2, 0.25) is 0 Å². The molecule has 4 rings (SSSR count). The first kappa shape index (κ1) is 28.7. The van der Waals surface area contributed by atoms with Crippen molar-refractivity contribution in [3.8, 4) is 5.75 Å². The van der Waals surface area contributed by atoms with E-state index in [0.29, 0.717) is 15.8 Å². The predicted molar refractivity (Wildman–Crippen MR) is 167 cm³/mol. The van der Waals surface area contributed by atoms with Gasteiger partial charge in [-0.1, -0.05) is 79.7 Å². The topological polar surface area (TPSA) is 52.9 Å². The summed E-state index contributed by atoms with van der Waals surface area (Å²) < 4.78 is 0. The second-order valence-corrected chi connectivity index (χ2v) is 13.2. The Hall–Kier alpha value is -3.31. The Labute approximate surface area is 237 Å².